The lowest BCUT2D eigenvalue weighted by Gasteiger charge is -2.16. The van der Waals surface area contributed by atoms with Crippen LogP contribution < -0.4 is 5.32 Å². The van der Waals surface area contributed by atoms with Gasteiger partial charge in [-0.05, 0) is 6.92 Å². The highest BCUT2D eigenvalue weighted by Gasteiger charge is 2.25. The number of hydrogen-bond acceptors (Lipinski definition) is 2. The molecular formula is C6H8N2O3. The van der Waals surface area contributed by atoms with Crippen LogP contribution in [-0.2, 0) is 4.79 Å². The Hall–Kier alpha value is -1.39. The lowest BCUT2D eigenvalue weighted by atomic mass is 10.0. The van der Waals surface area contributed by atoms with Crippen LogP contribution in [-0.4, -0.2) is 29.4 Å². The predicted molar refractivity (Wildman–Crippen MR) is 37.6 cm³/mol. The van der Waals surface area contributed by atoms with E-state index in [1.54, 1.807) is 0 Å². The summed E-state index contributed by atoms with van der Waals surface area (Å²) >= 11 is 0. The lowest BCUT2D eigenvalue weighted by Crippen LogP contribution is -2.40. The molecule has 1 atom stereocenters. The predicted octanol–water partition coefficient (Wildman–Crippen LogP) is -0.129. The molecule has 0 aromatic rings. The third kappa shape index (κ3) is 1.54. The van der Waals surface area contributed by atoms with Crippen molar-refractivity contribution in [1.29, 1.82) is 0 Å². The molecule has 5 nitrogen and oxygen atoms in total. The first kappa shape index (κ1) is 7.71. The molecule has 0 aromatic heterocycles. The van der Waals surface area contributed by atoms with Crippen molar-refractivity contribution in [2.75, 3.05) is 6.54 Å². The normalized spacial score (nSPS) is 23.9. The van der Waals surface area contributed by atoms with Crippen LogP contribution in [0.4, 0.5) is 4.79 Å². The van der Waals surface area contributed by atoms with Gasteiger partial charge in [0.15, 0.2) is 0 Å². The zero-order valence-electron chi connectivity index (χ0n) is 6.00. The molecule has 0 aromatic carbocycles. The van der Waals surface area contributed by atoms with Crippen molar-refractivity contribution in [3.63, 3.8) is 0 Å². The van der Waals surface area contributed by atoms with Gasteiger partial charge in [-0.3, -0.25) is 4.79 Å². The number of carbonyl (C=O) groups is 2. The number of nitrogens with one attached hydrogen (secondary N) is 1. The summed E-state index contributed by atoms with van der Waals surface area (Å²) in [7, 11) is 0. The van der Waals surface area contributed by atoms with E-state index in [4.69, 9.17) is 5.11 Å². The average molecular weight is 156 g/mol. The fraction of sp³-hybridized carbons (Fsp3) is 0.500. The minimum Gasteiger partial charge on any atom is -0.481 e. The molecule has 1 aliphatic rings. The quantitative estimate of drug-likeness (QED) is 0.555. The molecule has 1 aliphatic heterocycles. The zero-order chi connectivity index (χ0) is 8.43. The zero-order valence-corrected chi connectivity index (χ0v) is 6.00. The molecule has 1 unspecified atom stereocenters. The number of carboxylic acids is 1. The molecule has 0 saturated heterocycles. The number of carbonyl (C=O) groups excluding carboxylic acids is 1. The van der Waals surface area contributed by atoms with Crippen molar-refractivity contribution >= 4 is 17.7 Å². The van der Waals surface area contributed by atoms with E-state index >= 15 is 0 Å². The fourth-order valence-electron chi connectivity index (χ4n) is 0.881. The number of urea groups is 1. The van der Waals surface area contributed by atoms with Crippen LogP contribution in [0.2, 0.25) is 0 Å². The second-order valence-corrected chi connectivity index (χ2v) is 2.33. The van der Waals surface area contributed by atoms with Crippen LogP contribution in [0.25, 0.3) is 0 Å². The van der Waals surface area contributed by atoms with E-state index in [-0.39, 0.29) is 6.54 Å². The second-order valence-electron chi connectivity index (χ2n) is 2.33. The van der Waals surface area contributed by atoms with Gasteiger partial charge in [-0.15, -0.1) is 0 Å². The number of rotatable bonds is 1. The standard InChI is InChI=1S/C6H8N2O3/c1-3-4(5(9)10)2-7-6(11)8-3/h4H,2H2,1H3,(H,7,11)(H,9,10). The van der Waals surface area contributed by atoms with Crippen LogP contribution in [0, 0.1) is 5.92 Å². The summed E-state index contributed by atoms with van der Waals surface area (Å²) in [6, 6.07) is -0.458. The number of carboxylic acid groups (broad SMARTS) is 1. The summed E-state index contributed by atoms with van der Waals surface area (Å²) in [5.74, 6) is -1.61. The highest BCUT2D eigenvalue weighted by molar-refractivity contribution is 6.06. The van der Waals surface area contributed by atoms with Crippen LogP contribution in [0.15, 0.2) is 4.99 Å². The van der Waals surface area contributed by atoms with Crippen LogP contribution in [0.1, 0.15) is 6.92 Å². The lowest BCUT2D eigenvalue weighted by molar-refractivity contribution is -0.139. The highest BCUT2D eigenvalue weighted by atomic mass is 16.4. The van der Waals surface area contributed by atoms with E-state index in [0.717, 1.165) is 0 Å². The average Bonchev–Trinajstić information content (AvgIpc) is 1.85. The molecule has 2 amide bonds. The van der Waals surface area contributed by atoms with Gasteiger partial charge < -0.3 is 10.4 Å². The summed E-state index contributed by atoms with van der Waals surface area (Å²) in [5, 5.41) is 10.9. The van der Waals surface area contributed by atoms with Gasteiger partial charge >= 0.3 is 12.0 Å². The third-order valence-corrected chi connectivity index (χ3v) is 1.54. The number of aliphatic carboxylic acids is 1. The van der Waals surface area contributed by atoms with Gasteiger partial charge in [0, 0.05) is 12.3 Å². The molecule has 0 aliphatic carbocycles. The Morgan fingerprint density at radius 3 is 2.91 bits per heavy atom. The summed E-state index contributed by atoms with van der Waals surface area (Å²) in [6.07, 6.45) is 0. The van der Waals surface area contributed by atoms with Crippen LogP contribution in [0.5, 0.6) is 0 Å². The fourth-order valence-corrected chi connectivity index (χ4v) is 0.881. The maximum atomic E-state index is 10.6. The summed E-state index contributed by atoms with van der Waals surface area (Å²) in [6.45, 7) is 1.68. The molecule has 1 heterocycles. The largest absolute Gasteiger partial charge is 0.481 e. The van der Waals surface area contributed by atoms with Gasteiger partial charge in [-0.2, -0.15) is 0 Å². The van der Waals surface area contributed by atoms with E-state index in [0.29, 0.717) is 5.71 Å². The molecule has 60 valence electrons. The van der Waals surface area contributed by atoms with Crippen molar-refractivity contribution in [2.24, 2.45) is 10.9 Å². The number of aliphatic imine (C=N–C) groups is 1. The van der Waals surface area contributed by atoms with Crippen molar-refractivity contribution in [3.05, 3.63) is 0 Å². The number of hydrogen-bond donors (Lipinski definition) is 2. The van der Waals surface area contributed by atoms with Gasteiger partial charge in [0.1, 0.15) is 5.92 Å². The summed E-state index contributed by atoms with van der Waals surface area (Å²) < 4.78 is 0. The minimum atomic E-state index is -0.953. The molecule has 5 heteroatoms. The summed E-state index contributed by atoms with van der Waals surface area (Å²) in [5.41, 5.74) is 0.362. The number of amides is 2. The Labute approximate surface area is 63.1 Å². The minimum absolute atomic E-state index is 0.142. The first-order valence-corrected chi connectivity index (χ1v) is 3.17. The summed E-state index contributed by atoms with van der Waals surface area (Å²) in [4.78, 5) is 24.5. The molecule has 11 heavy (non-hydrogen) atoms. The third-order valence-electron chi connectivity index (χ3n) is 1.54. The van der Waals surface area contributed by atoms with Crippen molar-refractivity contribution in [1.82, 2.24) is 5.32 Å². The molecule has 0 spiro atoms. The van der Waals surface area contributed by atoms with Crippen molar-refractivity contribution in [3.8, 4) is 0 Å². The Kier molecular flexibility index (Phi) is 1.89. The molecule has 0 saturated carbocycles. The number of nitrogens with zero attached hydrogens (tertiary/aromatic N) is 1. The topological polar surface area (TPSA) is 78.8 Å². The maximum Gasteiger partial charge on any atom is 0.340 e. The highest BCUT2D eigenvalue weighted by Crippen LogP contribution is 2.04. The molecule has 2 N–H and O–H groups in total. The van der Waals surface area contributed by atoms with Crippen molar-refractivity contribution in [2.45, 2.75) is 6.92 Å². The molecule has 0 fully saturated rings. The van der Waals surface area contributed by atoms with Gasteiger partial charge in [0.05, 0.1) is 0 Å². The van der Waals surface area contributed by atoms with Gasteiger partial charge in [0.2, 0.25) is 0 Å². The molecule has 0 radical (unpaired) electrons. The van der Waals surface area contributed by atoms with E-state index < -0.39 is 17.9 Å². The Morgan fingerprint density at radius 2 is 2.45 bits per heavy atom. The molecule has 0 bridgehead atoms. The van der Waals surface area contributed by atoms with Gasteiger partial charge in [-0.25, -0.2) is 9.79 Å². The Bertz CT molecular complexity index is 234. The van der Waals surface area contributed by atoms with Crippen molar-refractivity contribution < 1.29 is 14.7 Å². The van der Waals surface area contributed by atoms with E-state index in [1.807, 2.05) is 0 Å². The van der Waals surface area contributed by atoms with E-state index in [9.17, 15) is 9.59 Å². The smallest absolute Gasteiger partial charge is 0.340 e. The van der Waals surface area contributed by atoms with Crippen LogP contribution >= 0.6 is 0 Å². The Balaban J connectivity index is 2.80. The van der Waals surface area contributed by atoms with E-state index in [2.05, 4.69) is 10.3 Å². The maximum absolute atomic E-state index is 10.6. The van der Waals surface area contributed by atoms with Crippen LogP contribution in [0.3, 0.4) is 0 Å². The van der Waals surface area contributed by atoms with E-state index in [1.165, 1.54) is 6.92 Å². The first-order chi connectivity index (χ1) is 5.11. The Morgan fingerprint density at radius 1 is 1.82 bits per heavy atom. The monoisotopic (exact) mass is 156 g/mol. The SMILES string of the molecule is CC1=NC(=O)NCC1C(=O)O. The van der Waals surface area contributed by atoms with Gasteiger partial charge in [-0.1, -0.05) is 0 Å². The first-order valence-electron chi connectivity index (χ1n) is 3.17. The van der Waals surface area contributed by atoms with Gasteiger partial charge in [0.25, 0.3) is 0 Å². The second kappa shape index (κ2) is 2.69. The molecule has 1 rings (SSSR count). The molecular weight excluding hydrogens is 148 g/mol.